The fraction of sp³-hybridized carbons (Fsp3) is 0.818. The Bertz CT molecular complexity index is 485. The molecule has 104 valence electrons. The fourth-order valence-electron chi connectivity index (χ4n) is 1.93. The number of nitrogens with zero attached hydrogens (tertiary/aromatic N) is 3. The minimum absolute atomic E-state index is 0.00525. The average Bonchev–Trinajstić information content (AvgIpc) is 2.63. The van der Waals surface area contributed by atoms with Crippen molar-refractivity contribution in [2.45, 2.75) is 44.9 Å². The topological polar surface area (TPSA) is 58.4 Å². The summed E-state index contributed by atoms with van der Waals surface area (Å²) in [7, 11) is -0.820. The Morgan fingerprint density at radius 2 is 1.74 bits per heavy atom. The van der Waals surface area contributed by atoms with Crippen LogP contribution in [0.5, 0.6) is 0 Å². The van der Waals surface area contributed by atoms with E-state index in [0.717, 1.165) is 0 Å². The first kappa shape index (κ1) is 13.0. The molecule has 3 heterocycles. The van der Waals surface area contributed by atoms with Crippen LogP contribution in [0.25, 0.3) is 0 Å². The molecule has 0 aliphatic carbocycles. The Balaban J connectivity index is 1.85. The second-order valence-corrected chi connectivity index (χ2v) is 5.98. The highest BCUT2D eigenvalue weighted by Crippen LogP contribution is 2.36. The lowest BCUT2D eigenvalue weighted by Gasteiger charge is -2.32. The molecule has 3 rings (SSSR count). The monoisotopic (exact) mass is 269 g/mol. The van der Waals surface area contributed by atoms with Crippen molar-refractivity contribution in [1.29, 1.82) is 0 Å². The zero-order chi connectivity index (χ0) is 13.8. The van der Waals surface area contributed by atoms with Gasteiger partial charge in [-0.25, -0.2) is 0 Å². The standard InChI is InChI=1S/C11H17BFN3O3/c1-10(2)11(3,4)19-12(18-10)8-9(13)15-16(14-8)7-5-17-6-7/h7H,5-6H2,1-4H3. The van der Waals surface area contributed by atoms with Gasteiger partial charge < -0.3 is 14.0 Å². The third-order valence-corrected chi connectivity index (χ3v) is 4.04. The van der Waals surface area contributed by atoms with Gasteiger partial charge in [-0.05, 0) is 27.7 Å². The minimum atomic E-state index is -0.820. The molecule has 0 N–H and O–H groups in total. The molecular weight excluding hydrogens is 252 g/mol. The summed E-state index contributed by atoms with van der Waals surface area (Å²) in [6.45, 7) is 8.67. The molecule has 2 saturated heterocycles. The molecule has 0 radical (unpaired) electrons. The first-order valence-corrected chi connectivity index (χ1v) is 6.36. The van der Waals surface area contributed by atoms with Crippen molar-refractivity contribution < 1.29 is 18.4 Å². The lowest BCUT2D eigenvalue weighted by molar-refractivity contribution is -0.0352. The minimum Gasteiger partial charge on any atom is -0.398 e. The van der Waals surface area contributed by atoms with Gasteiger partial charge in [0.05, 0.1) is 24.4 Å². The van der Waals surface area contributed by atoms with Crippen LogP contribution >= 0.6 is 0 Å². The van der Waals surface area contributed by atoms with Crippen molar-refractivity contribution in [3.63, 3.8) is 0 Å². The van der Waals surface area contributed by atoms with Crippen molar-refractivity contribution in [3.8, 4) is 0 Å². The second kappa shape index (κ2) is 4.00. The van der Waals surface area contributed by atoms with Gasteiger partial charge in [-0.3, -0.25) is 0 Å². The summed E-state index contributed by atoms with van der Waals surface area (Å²) in [5, 5.41) is 7.92. The van der Waals surface area contributed by atoms with Crippen LogP contribution in [0, 0.1) is 5.95 Å². The number of hydrogen-bond acceptors (Lipinski definition) is 5. The molecule has 2 aliphatic heterocycles. The summed E-state index contributed by atoms with van der Waals surface area (Å²) in [4.78, 5) is 1.35. The summed E-state index contributed by atoms with van der Waals surface area (Å²) < 4.78 is 30.5. The molecule has 0 atom stereocenters. The molecule has 2 fully saturated rings. The van der Waals surface area contributed by atoms with Crippen molar-refractivity contribution in [3.05, 3.63) is 5.95 Å². The van der Waals surface area contributed by atoms with Gasteiger partial charge in [0.15, 0.2) is 5.59 Å². The van der Waals surface area contributed by atoms with E-state index >= 15 is 0 Å². The summed E-state index contributed by atoms with van der Waals surface area (Å²) in [5.74, 6) is -0.648. The first-order chi connectivity index (χ1) is 8.80. The van der Waals surface area contributed by atoms with Gasteiger partial charge in [0.25, 0.3) is 5.95 Å². The van der Waals surface area contributed by atoms with E-state index in [9.17, 15) is 4.39 Å². The molecule has 0 saturated carbocycles. The Labute approximate surface area is 111 Å². The number of aromatic nitrogens is 3. The maximum Gasteiger partial charge on any atom is 0.521 e. The molecule has 6 nitrogen and oxygen atoms in total. The van der Waals surface area contributed by atoms with E-state index in [2.05, 4.69) is 10.2 Å². The molecule has 8 heteroatoms. The van der Waals surface area contributed by atoms with Crippen molar-refractivity contribution in [2.24, 2.45) is 0 Å². The van der Waals surface area contributed by atoms with Gasteiger partial charge in [-0.15, -0.1) is 5.10 Å². The van der Waals surface area contributed by atoms with Crippen LogP contribution in [0.3, 0.4) is 0 Å². The fourth-order valence-corrected chi connectivity index (χ4v) is 1.93. The third-order valence-electron chi connectivity index (χ3n) is 4.04. The molecule has 2 aliphatic rings. The summed E-state index contributed by atoms with van der Waals surface area (Å²) >= 11 is 0. The van der Waals surface area contributed by atoms with E-state index in [1.165, 1.54) is 4.80 Å². The summed E-state index contributed by atoms with van der Waals surface area (Å²) in [5.41, 5.74) is -0.938. The van der Waals surface area contributed by atoms with Gasteiger partial charge in [0.2, 0.25) is 0 Å². The smallest absolute Gasteiger partial charge is 0.398 e. The Morgan fingerprint density at radius 1 is 1.16 bits per heavy atom. The predicted molar refractivity (Wildman–Crippen MR) is 65.6 cm³/mol. The van der Waals surface area contributed by atoms with Gasteiger partial charge >= 0.3 is 7.12 Å². The molecule has 1 aromatic rings. The number of ether oxygens (including phenoxy) is 1. The molecule has 19 heavy (non-hydrogen) atoms. The van der Waals surface area contributed by atoms with E-state index < -0.39 is 24.3 Å². The molecule has 1 aromatic heterocycles. The van der Waals surface area contributed by atoms with Crippen LogP contribution in [-0.2, 0) is 14.0 Å². The first-order valence-electron chi connectivity index (χ1n) is 6.36. The SMILES string of the molecule is CC1(C)OB(c2nn(C3COC3)nc2F)OC1(C)C. The zero-order valence-corrected chi connectivity index (χ0v) is 11.5. The Kier molecular flexibility index (Phi) is 2.74. The maximum atomic E-state index is 13.9. The molecule has 0 unspecified atom stereocenters. The highest BCUT2D eigenvalue weighted by atomic mass is 19.1. The summed E-state index contributed by atoms with van der Waals surface area (Å²) in [6.07, 6.45) is 0. The number of hydrogen-bond donors (Lipinski definition) is 0. The van der Waals surface area contributed by atoms with E-state index in [1.807, 2.05) is 27.7 Å². The van der Waals surface area contributed by atoms with Crippen molar-refractivity contribution in [1.82, 2.24) is 15.0 Å². The highest BCUT2D eigenvalue weighted by molar-refractivity contribution is 6.61. The molecule has 0 amide bonds. The van der Waals surface area contributed by atoms with Gasteiger partial charge in [0, 0.05) is 0 Å². The quantitative estimate of drug-likeness (QED) is 0.722. The normalized spacial score (nSPS) is 25.6. The van der Waals surface area contributed by atoms with Crippen LogP contribution in [0.2, 0.25) is 0 Å². The van der Waals surface area contributed by atoms with Crippen molar-refractivity contribution >= 4 is 12.7 Å². The van der Waals surface area contributed by atoms with Crippen LogP contribution in [0.1, 0.15) is 33.7 Å². The second-order valence-electron chi connectivity index (χ2n) is 5.98. The highest BCUT2D eigenvalue weighted by Gasteiger charge is 2.54. The van der Waals surface area contributed by atoms with Gasteiger partial charge in [-0.2, -0.15) is 14.3 Å². The Hall–Kier alpha value is -0.985. The number of rotatable bonds is 2. The van der Waals surface area contributed by atoms with E-state index in [4.69, 9.17) is 14.0 Å². The molecule has 0 spiro atoms. The van der Waals surface area contributed by atoms with Crippen LogP contribution in [0.4, 0.5) is 4.39 Å². The molecular formula is C11H17BFN3O3. The van der Waals surface area contributed by atoms with Crippen molar-refractivity contribution in [2.75, 3.05) is 13.2 Å². The average molecular weight is 269 g/mol. The summed E-state index contributed by atoms with van der Waals surface area (Å²) in [6, 6.07) is 0.00525. The van der Waals surface area contributed by atoms with Gasteiger partial charge in [-0.1, -0.05) is 0 Å². The lowest BCUT2D eigenvalue weighted by atomic mass is 9.85. The largest absolute Gasteiger partial charge is 0.521 e. The van der Waals surface area contributed by atoms with E-state index in [1.54, 1.807) is 0 Å². The predicted octanol–water partition coefficient (Wildman–Crippen LogP) is 0.288. The molecule has 0 bridgehead atoms. The lowest BCUT2D eigenvalue weighted by Crippen LogP contribution is -2.41. The molecule has 0 aromatic carbocycles. The van der Waals surface area contributed by atoms with Crippen LogP contribution in [0.15, 0.2) is 0 Å². The van der Waals surface area contributed by atoms with E-state index in [0.29, 0.717) is 13.2 Å². The maximum absolute atomic E-state index is 13.9. The Morgan fingerprint density at radius 3 is 2.21 bits per heavy atom. The zero-order valence-electron chi connectivity index (χ0n) is 11.5. The number of halogens is 1. The third kappa shape index (κ3) is 1.98. The van der Waals surface area contributed by atoms with E-state index in [-0.39, 0.29) is 11.6 Å². The van der Waals surface area contributed by atoms with Crippen LogP contribution in [-0.4, -0.2) is 46.5 Å². The van der Waals surface area contributed by atoms with Gasteiger partial charge in [0.1, 0.15) is 6.04 Å². The van der Waals surface area contributed by atoms with Crippen LogP contribution < -0.4 is 5.59 Å².